The Labute approximate surface area is 155 Å². The minimum atomic E-state index is -3.71. The summed E-state index contributed by atoms with van der Waals surface area (Å²) in [7, 11) is -2.25. The highest BCUT2D eigenvalue weighted by Crippen LogP contribution is 2.29. The number of benzene rings is 1. The lowest BCUT2D eigenvalue weighted by atomic mass is 9.80. The maximum Gasteiger partial charge on any atom is 0.240 e. The number of methoxy groups -OCH3 is 1. The van der Waals surface area contributed by atoms with E-state index >= 15 is 0 Å². The van der Waals surface area contributed by atoms with Crippen LogP contribution >= 0.6 is 0 Å². The van der Waals surface area contributed by atoms with E-state index in [0.717, 1.165) is 12.8 Å². The van der Waals surface area contributed by atoms with Crippen molar-refractivity contribution in [2.75, 3.05) is 12.4 Å². The van der Waals surface area contributed by atoms with Crippen molar-refractivity contribution in [2.45, 2.75) is 69.5 Å². The number of rotatable bonds is 5. The van der Waals surface area contributed by atoms with E-state index in [9.17, 15) is 13.2 Å². The molecule has 1 heterocycles. The summed E-state index contributed by atoms with van der Waals surface area (Å²) >= 11 is 0. The first-order valence-corrected chi connectivity index (χ1v) is 10.2. The minimum absolute atomic E-state index is 0.0454. The van der Waals surface area contributed by atoms with Gasteiger partial charge in [-0.2, -0.15) is 0 Å². The number of sulfonamides is 1. The lowest BCUT2D eigenvalue weighted by molar-refractivity contribution is -0.787. The molecule has 2 rings (SSSR count). The molecule has 1 aromatic rings. The Morgan fingerprint density at radius 1 is 1.19 bits per heavy atom. The number of hydrogen-bond donors (Lipinski definition) is 3. The first kappa shape index (κ1) is 20.7. The smallest absolute Gasteiger partial charge is 0.240 e. The van der Waals surface area contributed by atoms with Gasteiger partial charge in [0.25, 0.3) is 0 Å². The second kappa shape index (κ2) is 7.17. The highest BCUT2D eigenvalue weighted by Gasteiger charge is 2.42. The van der Waals surface area contributed by atoms with Crippen molar-refractivity contribution in [3.05, 3.63) is 18.2 Å². The standard InChI is InChI=1S/C18H29N3O4S/c1-12(22)19-15-9-14(7-8-16(15)25-6)26(23,24)20-13-10-17(2,3)21-18(4,5)11-13/h7-9,13,20-21H,10-11H2,1-6H3,(H,19,22)/p+1. The van der Waals surface area contributed by atoms with Crippen LogP contribution in [0.1, 0.15) is 47.5 Å². The molecule has 4 N–H and O–H groups in total. The van der Waals surface area contributed by atoms with Crippen LogP contribution in [-0.2, 0) is 14.8 Å². The van der Waals surface area contributed by atoms with E-state index in [4.69, 9.17) is 4.74 Å². The first-order valence-electron chi connectivity index (χ1n) is 8.69. The van der Waals surface area contributed by atoms with Gasteiger partial charge in [0, 0.05) is 25.8 Å². The van der Waals surface area contributed by atoms with E-state index in [-0.39, 0.29) is 27.9 Å². The molecular formula is C18H30N3O4S+. The molecule has 0 unspecified atom stereocenters. The van der Waals surface area contributed by atoms with Gasteiger partial charge in [-0.15, -0.1) is 0 Å². The van der Waals surface area contributed by atoms with Gasteiger partial charge in [0.05, 0.1) is 28.8 Å². The van der Waals surface area contributed by atoms with E-state index in [0.29, 0.717) is 11.4 Å². The summed E-state index contributed by atoms with van der Waals surface area (Å²) in [5, 5.41) is 4.90. The van der Waals surface area contributed by atoms with Crippen LogP contribution in [0, 0.1) is 0 Å². The van der Waals surface area contributed by atoms with Gasteiger partial charge in [-0.3, -0.25) is 4.79 Å². The highest BCUT2D eigenvalue weighted by atomic mass is 32.2. The first-order chi connectivity index (χ1) is 11.8. The van der Waals surface area contributed by atoms with Crippen LogP contribution in [-0.4, -0.2) is 38.6 Å². The molecule has 1 saturated heterocycles. The molecule has 0 saturated carbocycles. The SMILES string of the molecule is COc1ccc(S(=O)(=O)NC2CC(C)(C)[NH2+]C(C)(C)C2)cc1NC(C)=O. The Morgan fingerprint density at radius 2 is 1.77 bits per heavy atom. The van der Waals surface area contributed by atoms with E-state index in [1.54, 1.807) is 6.07 Å². The van der Waals surface area contributed by atoms with Crippen LogP contribution in [0.4, 0.5) is 5.69 Å². The summed E-state index contributed by atoms with van der Waals surface area (Å²) in [6, 6.07) is 4.30. The van der Waals surface area contributed by atoms with E-state index < -0.39 is 10.0 Å². The van der Waals surface area contributed by atoms with E-state index in [2.05, 4.69) is 43.1 Å². The molecule has 0 aromatic heterocycles. The van der Waals surface area contributed by atoms with Gasteiger partial charge >= 0.3 is 0 Å². The predicted molar refractivity (Wildman–Crippen MR) is 101 cm³/mol. The van der Waals surface area contributed by atoms with Crippen molar-refractivity contribution in [3.63, 3.8) is 0 Å². The third-order valence-corrected chi connectivity index (χ3v) is 5.96. The number of ether oxygens (including phenoxy) is 1. The second-order valence-electron chi connectivity index (χ2n) is 8.39. The number of piperidine rings is 1. The van der Waals surface area contributed by atoms with Crippen molar-refractivity contribution >= 4 is 21.6 Å². The zero-order valence-electron chi connectivity index (χ0n) is 16.3. The molecule has 1 aliphatic rings. The second-order valence-corrected chi connectivity index (χ2v) is 10.1. The van der Waals surface area contributed by atoms with Gasteiger partial charge in [-0.25, -0.2) is 13.1 Å². The van der Waals surface area contributed by atoms with Crippen molar-refractivity contribution in [2.24, 2.45) is 0 Å². The molecule has 26 heavy (non-hydrogen) atoms. The lowest BCUT2D eigenvalue weighted by Crippen LogP contribution is -3.06. The van der Waals surface area contributed by atoms with Gasteiger partial charge in [-0.1, -0.05) is 0 Å². The number of hydrogen-bond acceptors (Lipinski definition) is 4. The number of anilines is 1. The zero-order valence-corrected chi connectivity index (χ0v) is 17.2. The monoisotopic (exact) mass is 384 g/mol. The molecule has 146 valence electrons. The van der Waals surface area contributed by atoms with Crippen molar-refractivity contribution in [1.82, 2.24) is 4.72 Å². The molecule has 0 aliphatic carbocycles. The third kappa shape index (κ3) is 5.18. The number of carbonyl (C=O) groups is 1. The van der Waals surface area contributed by atoms with Crippen LogP contribution in [0.25, 0.3) is 0 Å². The molecule has 8 heteroatoms. The van der Waals surface area contributed by atoms with Crippen molar-refractivity contribution in [3.8, 4) is 5.75 Å². The third-order valence-electron chi connectivity index (χ3n) is 4.44. The number of amides is 1. The molecule has 1 aromatic carbocycles. The van der Waals surface area contributed by atoms with Gasteiger partial charge in [0.1, 0.15) is 5.75 Å². The quantitative estimate of drug-likeness (QED) is 0.710. The predicted octanol–water partition coefficient (Wildman–Crippen LogP) is 1.21. The Balaban J connectivity index is 2.28. The molecule has 0 bridgehead atoms. The maximum atomic E-state index is 12.9. The molecular weight excluding hydrogens is 354 g/mol. The average molecular weight is 385 g/mol. The summed E-state index contributed by atoms with van der Waals surface area (Å²) in [4.78, 5) is 11.5. The van der Waals surface area contributed by atoms with Gasteiger partial charge < -0.3 is 15.4 Å². The van der Waals surface area contributed by atoms with Crippen LogP contribution in [0.3, 0.4) is 0 Å². The fourth-order valence-corrected chi connectivity index (χ4v) is 5.29. The fourth-order valence-electron chi connectivity index (χ4n) is 4.03. The van der Waals surface area contributed by atoms with Gasteiger partial charge in [-0.05, 0) is 45.9 Å². The Bertz CT molecular complexity index is 772. The number of nitrogens with one attached hydrogen (secondary N) is 2. The van der Waals surface area contributed by atoms with Crippen LogP contribution < -0.4 is 20.1 Å². The average Bonchev–Trinajstić information content (AvgIpc) is 2.42. The number of nitrogens with two attached hydrogens (primary N) is 1. The summed E-state index contributed by atoms with van der Waals surface area (Å²) < 4.78 is 33.8. The van der Waals surface area contributed by atoms with Gasteiger partial charge in [0.2, 0.25) is 15.9 Å². The lowest BCUT2D eigenvalue weighted by Gasteiger charge is -2.43. The molecule has 1 amide bonds. The topological polar surface area (TPSA) is 101 Å². The molecule has 1 aliphatic heterocycles. The van der Waals surface area contributed by atoms with Crippen molar-refractivity contribution < 1.29 is 23.3 Å². The van der Waals surface area contributed by atoms with E-state index in [1.165, 1.54) is 26.2 Å². The normalized spacial score (nSPS) is 19.8. The van der Waals surface area contributed by atoms with Crippen LogP contribution in [0.15, 0.2) is 23.1 Å². The summed E-state index contributed by atoms with van der Waals surface area (Å²) in [6.45, 7) is 9.85. The largest absolute Gasteiger partial charge is 0.495 e. The Morgan fingerprint density at radius 3 is 2.27 bits per heavy atom. The molecule has 0 spiro atoms. The van der Waals surface area contributed by atoms with Gasteiger partial charge in [0.15, 0.2) is 0 Å². The van der Waals surface area contributed by atoms with Crippen LogP contribution in [0.2, 0.25) is 0 Å². The summed E-state index contributed by atoms with van der Waals surface area (Å²) in [6.07, 6.45) is 1.48. The fraction of sp³-hybridized carbons (Fsp3) is 0.611. The summed E-state index contributed by atoms with van der Waals surface area (Å²) in [5.74, 6) is 0.116. The number of carbonyl (C=O) groups excluding carboxylic acids is 1. The summed E-state index contributed by atoms with van der Waals surface area (Å²) in [5.41, 5.74) is 0.243. The maximum absolute atomic E-state index is 12.9. The van der Waals surface area contributed by atoms with E-state index in [1.807, 2.05) is 0 Å². The molecule has 7 nitrogen and oxygen atoms in total. The Hall–Kier alpha value is -1.64. The molecule has 0 radical (unpaired) electrons. The highest BCUT2D eigenvalue weighted by molar-refractivity contribution is 7.89. The number of quaternary nitrogens is 1. The molecule has 1 fully saturated rings. The zero-order chi connectivity index (χ0) is 19.8. The Kier molecular flexibility index (Phi) is 5.70. The van der Waals surface area contributed by atoms with Crippen LogP contribution in [0.5, 0.6) is 5.75 Å². The molecule has 0 atom stereocenters. The van der Waals surface area contributed by atoms with Crippen molar-refractivity contribution in [1.29, 1.82) is 0 Å². The minimum Gasteiger partial charge on any atom is -0.495 e.